The van der Waals surface area contributed by atoms with Crippen LogP contribution in [0.3, 0.4) is 0 Å². The van der Waals surface area contributed by atoms with Gasteiger partial charge in [-0.15, -0.1) is 6.58 Å². The van der Waals surface area contributed by atoms with Gasteiger partial charge in [0.1, 0.15) is 18.0 Å². The first kappa shape index (κ1) is 24.0. The van der Waals surface area contributed by atoms with Gasteiger partial charge in [-0.3, -0.25) is 0 Å². The molecule has 0 saturated carbocycles. The predicted molar refractivity (Wildman–Crippen MR) is 125 cm³/mol. The molecule has 1 atom stereocenters. The third kappa shape index (κ3) is 12.1. The number of epoxide rings is 1. The zero-order valence-electron chi connectivity index (χ0n) is 18.9. The Morgan fingerprint density at radius 3 is 2.00 bits per heavy atom. The molecule has 164 valence electrons. The Morgan fingerprint density at radius 2 is 1.45 bits per heavy atom. The number of aryl methyl sites for hydroxylation is 1. The van der Waals surface area contributed by atoms with E-state index in [9.17, 15) is 0 Å². The summed E-state index contributed by atoms with van der Waals surface area (Å²) in [7, 11) is 0. The Kier molecular flexibility index (Phi) is 12.1. The molecular formula is C27H44O2. The molecule has 0 spiro atoms. The van der Waals surface area contributed by atoms with Crippen molar-refractivity contribution in [1.29, 1.82) is 0 Å². The van der Waals surface area contributed by atoms with Crippen LogP contribution in [0.5, 0.6) is 5.75 Å². The minimum atomic E-state index is -0.0404. The van der Waals surface area contributed by atoms with Gasteiger partial charge in [0.25, 0.3) is 0 Å². The number of unbranched alkanes of at least 4 members (excludes halogenated alkanes) is 13. The molecule has 1 heterocycles. The van der Waals surface area contributed by atoms with Crippen LogP contribution in [-0.2, 0) is 11.2 Å². The molecule has 1 aliphatic heterocycles. The third-order valence-electron chi connectivity index (χ3n) is 5.95. The van der Waals surface area contributed by atoms with E-state index in [1.807, 2.05) is 6.08 Å². The van der Waals surface area contributed by atoms with Gasteiger partial charge in [0.05, 0.1) is 6.61 Å². The normalized spacial score (nSPS) is 18.0. The predicted octanol–water partition coefficient (Wildman–Crippen LogP) is 8.04. The molecule has 2 rings (SSSR count). The first-order chi connectivity index (χ1) is 14.2. The van der Waals surface area contributed by atoms with E-state index in [1.165, 1.54) is 95.5 Å². The number of ether oxygens (including phenoxy) is 2. The monoisotopic (exact) mass is 400 g/mol. The maximum atomic E-state index is 5.87. The summed E-state index contributed by atoms with van der Waals surface area (Å²) in [5.74, 6) is 0.982. The fourth-order valence-corrected chi connectivity index (χ4v) is 3.80. The lowest BCUT2D eigenvalue weighted by Crippen LogP contribution is -2.16. The average Bonchev–Trinajstić information content (AvgIpc) is 3.47. The summed E-state index contributed by atoms with van der Waals surface area (Å²) >= 11 is 0. The first-order valence-electron chi connectivity index (χ1n) is 12.2. The Bertz CT molecular complexity index is 547. The van der Waals surface area contributed by atoms with Gasteiger partial charge in [0.2, 0.25) is 0 Å². The quantitative estimate of drug-likeness (QED) is 0.133. The summed E-state index contributed by atoms with van der Waals surface area (Å²) in [6.45, 7) is 7.37. The molecule has 1 aromatic rings. The van der Waals surface area contributed by atoms with E-state index in [1.54, 1.807) is 0 Å². The standard InChI is InChI=1S/C27H44O2/c1-3-4-5-6-7-8-9-10-11-12-13-14-15-16-17-19-25-20-18-21-26(22-25)28-23-27(2)24-29-27/h3,18,20-22H,1,4-17,19,23-24H2,2H3. The number of hydrogen-bond acceptors (Lipinski definition) is 2. The third-order valence-corrected chi connectivity index (χ3v) is 5.95. The molecule has 29 heavy (non-hydrogen) atoms. The zero-order valence-corrected chi connectivity index (χ0v) is 18.9. The Hall–Kier alpha value is -1.28. The second-order valence-electron chi connectivity index (χ2n) is 9.10. The summed E-state index contributed by atoms with van der Waals surface area (Å²) in [5.41, 5.74) is 1.36. The molecule has 1 fully saturated rings. The van der Waals surface area contributed by atoms with E-state index in [2.05, 4.69) is 37.8 Å². The molecule has 0 radical (unpaired) electrons. The lowest BCUT2D eigenvalue weighted by Gasteiger charge is -2.10. The van der Waals surface area contributed by atoms with Crippen molar-refractivity contribution in [2.24, 2.45) is 0 Å². The second kappa shape index (κ2) is 14.7. The van der Waals surface area contributed by atoms with E-state index in [-0.39, 0.29) is 5.60 Å². The number of rotatable bonds is 19. The molecule has 0 N–H and O–H groups in total. The van der Waals surface area contributed by atoms with Crippen molar-refractivity contribution >= 4 is 0 Å². The topological polar surface area (TPSA) is 21.8 Å². The number of benzene rings is 1. The lowest BCUT2D eigenvalue weighted by molar-refractivity contribution is 0.202. The van der Waals surface area contributed by atoms with Crippen molar-refractivity contribution in [2.75, 3.05) is 13.2 Å². The van der Waals surface area contributed by atoms with E-state index >= 15 is 0 Å². The summed E-state index contributed by atoms with van der Waals surface area (Å²) in [4.78, 5) is 0. The molecule has 2 heteroatoms. The van der Waals surface area contributed by atoms with E-state index in [0.717, 1.165) is 18.8 Å². The van der Waals surface area contributed by atoms with Crippen molar-refractivity contribution in [2.45, 2.75) is 109 Å². The molecule has 0 aliphatic carbocycles. The van der Waals surface area contributed by atoms with Crippen LogP contribution in [0.25, 0.3) is 0 Å². The van der Waals surface area contributed by atoms with Crippen molar-refractivity contribution in [3.8, 4) is 5.75 Å². The minimum Gasteiger partial charge on any atom is -0.490 e. The van der Waals surface area contributed by atoms with Crippen molar-refractivity contribution in [1.82, 2.24) is 0 Å². The average molecular weight is 401 g/mol. The van der Waals surface area contributed by atoms with E-state index in [0.29, 0.717) is 6.61 Å². The second-order valence-corrected chi connectivity index (χ2v) is 9.10. The highest BCUT2D eigenvalue weighted by atomic mass is 16.6. The Balaban J connectivity index is 1.36. The molecular weight excluding hydrogens is 356 g/mol. The van der Waals surface area contributed by atoms with Gasteiger partial charge in [0.15, 0.2) is 0 Å². The fraction of sp³-hybridized carbons (Fsp3) is 0.704. The highest BCUT2D eigenvalue weighted by molar-refractivity contribution is 5.28. The zero-order chi connectivity index (χ0) is 20.6. The van der Waals surface area contributed by atoms with Gasteiger partial charge in [-0.25, -0.2) is 0 Å². The maximum Gasteiger partial charge on any atom is 0.123 e. The SMILES string of the molecule is C=CCCCCCCCCCCCCCCCc1cccc(OCC2(C)CO2)c1. The van der Waals surface area contributed by atoms with Gasteiger partial charge in [0, 0.05) is 0 Å². The van der Waals surface area contributed by atoms with Gasteiger partial charge < -0.3 is 9.47 Å². The molecule has 2 nitrogen and oxygen atoms in total. The van der Waals surface area contributed by atoms with Crippen LogP contribution < -0.4 is 4.74 Å². The highest BCUT2D eigenvalue weighted by Gasteiger charge is 2.40. The van der Waals surface area contributed by atoms with Gasteiger partial charge in [-0.05, 0) is 50.3 Å². The molecule has 1 aliphatic rings. The van der Waals surface area contributed by atoms with Crippen molar-refractivity contribution in [3.05, 3.63) is 42.5 Å². The molecule has 0 amide bonds. The van der Waals surface area contributed by atoms with Crippen LogP contribution in [0.4, 0.5) is 0 Å². The number of allylic oxidation sites excluding steroid dienone is 1. The van der Waals surface area contributed by atoms with Crippen LogP contribution in [0.2, 0.25) is 0 Å². The van der Waals surface area contributed by atoms with Gasteiger partial charge in [-0.2, -0.15) is 0 Å². The minimum absolute atomic E-state index is 0.0404. The Morgan fingerprint density at radius 1 is 0.897 bits per heavy atom. The van der Waals surface area contributed by atoms with E-state index < -0.39 is 0 Å². The van der Waals surface area contributed by atoms with Gasteiger partial charge >= 0.3 is 0 Å². The fourth-order valence-electron chi connectivity index (χ4n) is 3.80. The van der Waals surface area contributed by atoms with Crippen LogP contribution in [0.1, 0.15) is 102 Å². The summed E-state index contributed by atoms with van der Waals surface area (Å²) < 4.78 is 11.3. The van der Waals surface area contributed by atoms with E-state index in [4.69, 9.17) is 9.47 Å². The summed E-state index contributed by atoms with van der Waals surface area (Å²) in [6, 6.07) is 8.59. The van der Waals surface area contributed by atoms with Crippen LogP contribution in [0.15, 0.2) is 36.9 Å². The van der Waals surface area contributed by atoms with Crippen LogP contribution in [0, 0.1) is 0 Å². The largest absolute Gasteiger partial charge is 0.490 e. The summed E-state index contributed by atoms with van der Waals surface area (Å²) in [6.07, 6.45) is 22.5. The number of hydrogen-bond donors (Lipinski definition) is 0. The van der Waals surface area contributed by atoms with Crippen molar-refractivity contribution in [3.63, 3.8) is 0 Å². The Labute approximate surface area is 180 Å². The molecule has 1 unspecified atom stereocenters. The highest BCUT2D eigenvalue weighted by Crippen LogP contribution is 2.27. The van der Waals surface area contributed by atoms with Crippen LogP contribution >= 0.6 is 0 Å². The first-order valence-corrected chi connectivity index (χ1v) is 12.2. The van der Waals surface area contributed by atoms with Gasteiger partial charge in [-0.1, -0.05) is 88.8 Å². The molecule has 1 aromatic carbocycles. The lowest BCUT2D eigenvalue weighted by atomic mass is 10.0. The molecule has 1 saturated heterocycles. The van der Waals surface area contributed by atoms with Crippen molar-refractivity contribution < 1.29 is 9.47 Å². The maximum absolute atomic E-state index is 5.87. The molecule has 0 bridgehead atoms. The smallest absolute Gasteiger partial charge is 0.123 e. The van der Waals surface area contributed by atoms with Crippen LogP contribution in [-0.4, -0.2) is 18.8 Å². The molecule has 0 aromatic heterocycles. The summed E-state index contributed by atoms with van der Waals surface area (Å²) in [5, 5.41) is 0.